The number of carbonyl (C=O) groups excluding carboxylic acids is 3. The number of nitrogens with zero attached hydrogens (tertiary/aromatic N) is 1. The maximum atomic E-state index is 12.8. The van der Waals surface area contributed by atoms with Gasteiger partial charge in [0.25, 0.3) is 5.91 Å². The fourth-order valence-corrected chi connectivity index (χ4v) is 3.80. The zero-order valence-electron chi connectivity index (χ0n) is 13.9. The highest BCUT2D eigenvalue weighted by Crippen LogP contribution is 2.37. The molecule has 0 saturated carbocycles. The molecular weight excluding hydrogens is 386 g/mol. The lowest BCUT2D eigenvalue weighted by molar-refractivity contribution is -0.256. The number of benzene rings is 2. The second kappa shape index (κ2) is 7.34. The summed E-state index contributed by atoms with van der Waals surface area (Å²) < 4.78 is 0.274. The molecule has 0 N–H and O–H groups in total. The van der Waals surface area contributed by atoms with Gasteiger partial charge in [-0.05, 0) is 41.3 Å². The molecule has 1 amide bonds. The summed E-state index contributed by atoms with van der Waals surface area (Å²) in [6.07, 6.45) is 1.59. The van der Waals surface area contributed by atoms with E-state index in [1.54, 1.807) is 31.2 Å². The Kier molecular flexibility index (Phi) is 5.11. The average Bonchev–Trinajstić information content (AvgIpc) is 2.89. The first kappa shape index (κ1) is 18.8. The van der Waals surface area contributed by atoms with Gasteiger partial charge in [-0.3, -0.25) is 9.69 Å². The molecule has 0 radical (unpaired) electrons. The van der Waals surface area contributed by atoms with E-state index in [1.807, 2.05) is 0 Å². The fraction of sp³-hybridized carbons (Fsp3) is 0.0526. The third-order valence-electron chi connectivity index (χ3n) is 3.92. The Balaban J connectivity index is 1.95. The number of thiocarbonyl (C=S) groups is 1. The van der Waals surface area contributed by atoms with Crippen LogP contribution in [0.1, 0.15) is 31.8 Å². The molecule has 0 aliphatic carbocycles. The van der Waals surface area contributed by atoms with Crippen LogP contribution in [0.3, 0.4) is 0 Å². The normalized spacial score (nSPS) is 15.4. The summed E-state index contributed by atoms with van der Waals surface area (Å²) in [5.74, 6) is -3.01. The van der Waals surface area contributed by atoms with Gasteiger partial charge in [-0.2, -0.15) is 0 Å². The standard InChI is InChI=1S/C19H13NO5S2/c1-10-2-5-13(18(24)25)9-14(10)20-16(21)15(27-19(20)26)8-11-3-6-12(7-4-11)17(22)23/h2-9H,1H3,(H,22,23)(H,24,25)/p-2/b15-8-. The topological polar surface area (TPSA) is 101 Å². The summed E-state index contributed by atoms with van der Waals surface area (Å²) in [4.78, 5) is 36.4. The van der Waals surface area contributed by atoms with Crippen molar-refractivity contribution in [1.82, 2.24) is 0 Å². The van der Waals surface area contributed by atoms with Crippen molar-refractivity contribution in [1.29, 1.82) is 0 Å². The number of amides is 1. The molecule has 8 heteroatoms. The molecule has 0 aromatic heterocycles. The number of aryl methyl sites for hydroxylation is 1. The molecule has 0 bridgehead atoms. The lowest BCUT2D eigenvalue weighted by Gasteiger charge is -2.18. The Hall–Kier alpha value is -2.97. The van der Waals surface area contributed by atoms with E-state index in [-0.39, 0.29) is 21.4 Å². The third kappa shape index (κ3) is 3.76. The highest BCUT2D eigenvalue weighted by Gasteiger charge is 2.34. The number of hydrogen-bond acceptors (Lipinski definition) is 7. The molecule has 1 aliphatic rings. The van der Waals surface area contributed by atoms with E-state index in [4.69, 9.17) is 12.2 Å². The number of hydrogen-bond donors (Lipinski definition) is 0. The molecular formula is C19H11NO5S2-2. The van der Waals surface area contributed by atoms with Crippen LogP contribution >= 0.6 is 24.0 Å². The molecule has 1 aliphatic heterocycles. The molecule has 2 aromatic carbocycles. The summed E-state index contributed by atoms with van der Waals surface area (Å²) in [6.45, 7) is 1.75. The zero-order valence-corrected chi connectivity index (χ0v) is 15.6. The Morgan fingerprint density at radius 2 is 1.63 bits per heavy atom. The van der Waals surface area contributed by atoms with E-state index in [2.05, 4.69) is 0 Å². The van der Waals surface area contributed by atoms with Gasteiger partial charge in [0.15, 0.2) is 4.32 Å². The summed E-state index contributed by atoms with van der Waals surface area (Å²) in [5.41, 5.74) is 1.69. The lowest BCUT2D eigenvalue weighted by Crippen LogP contribution is -2.29. The van der Waals surface area contributed by atoms with Crippen molar-refractivity contribution in [2.75, 3.05) is 4.90 Å². The van der Waals surface area contributed by atoms with E-state index >= 15 is 0 Å². The van der Waals surface area contributed by atoms with Gasteiger partial charge in [0.1, 0.15) is 0 Å². The molecule has 0 spiro atoms. The Labute approximate surface area is 164 Å². The Morgan fingerprint density at radius 1 is 1.04 bits per heavy atom. The molecule has 27 heavy (non-hydrogen) atoms. The van der Waals surface area contributed by atoms with Gasteiger partial charge >= 0.3 is 0 Å². The molecule has 0 atom stereocenters. The van der Waals surface area contributed by atoms with Crippen LogP contribution in [0.25, 0.3) is 6.08 Å². The maximum absolute atomic E-state index is 12.8. The maximum Gasteiger partial charge on any atom is 0.270 e. The summed E-state index contributed by atoms with van der Waals surface area (Å²) in [7, 11) is 0. The molecule has 1 heterocycles. The van der Waals surface area contributed by atoms with Crippen molar-refractivity contribution in [3.05, 3.63) is 69.6 Å². The predicted molar refractivity (Wildman–Crippen MR) is 102 cm³/mol. The Bertz CT molecular complexity index is 1010. The molecule has 1 saturated heterocycles. The van der Waals surface area contributed by atoms with E-state index in [0.29, 0.717) is 21.7 Å². The number of anilines is 1. The highest BCUT2D eigenvalue weighted by atomic mass is 32.2. The van der Waals surface area contributed by atoms with E-state index in [1.165, 1.54) is 29.2 Å². The molecule has 0 unspecified atom stereocenters. The van der Waals surface area contributed by atoms with Crippen LogP contribution in [0.15, 0.2) is 47.4 Å². The van der Waals surface area contributed by atoms with Gasteiger partial charge < -0.3 is 19.8 Å². The Morgan fingerprint density at radius 3 is 2.22 bits per heavy atom. The third-order valence-corrected chi connectivity index (χ3v) is 5.23. The van der Waals surface area contributed by atoms with E-state index in [9.17, 15) is 24.6 Å². The van der Waals surface area contributed by atoms with Gasteiger partial charge in [0, 0.05) is 0 Å². The largest absolute Gasteiger partial charge is 0.545 e. The quantitative estimate of drug-likeness (QED) is 0.563. The van der Waals surface area contributed by atoms with Crippen LogP contribution in [-0.2, 0) is 4.79 Å². The number of carboxylic acids is 2. The first-order chi connectivity index (χ1) is 12.8. The SMILES string of the molecule is Cc1ccc(C(=O)[O-])cc1N1C(=O)/C(=C/c2ccc(C(=O)[O-])cc2)SC1=S. The molecule has 3 rings (SSSR count). The summed E-state index contributed by atoms with van der Waals surface area (Å²) >= 11 is 6.38. The summed E-state index contributed by atoms with van der Waals surface area (Å²) in [6, 6.07) is 10.2. The van der Waals surface area contributed by atoms with Crippen molar-refractivity contribution >= 4 is 57.9 Å². The number of carboxylic acid groups (broad SMARTS) is 2. The second-order valence-corrected chi connectivity index (χ2v) is 7.39. The van der Waals surface area contributed by atoms with E-state index in [0.717, 1.165) is 11.8 Å². The van der Waals surface area contributed by atoms with Crippen molar-refractivity contribution in [2.45, 2.75) is 6.92 Å². The van der Waals surface area contributed by atoms with Gasteiger partial charge in [-0.1, -0.05) is 60.4 Å². The lowest BCUT2D eigenvalue weighted by atomic mass is 10.1. The van der Waals surface area contributed by atoms with Crippen LogP contribution < -0.4 is 15.1 Å². The minimum Gasteiger partial charge on any atom is -0.545 e. The van der Waals surface area contributed by atoms with Crippen LogP contribution in [0.4, 0.5) is 5.69 Å². The van der Waals surface area contributed by atoms with Crippen molar-refractivity contribution in [3.63, 3.8) is 0 Å². The van der Waals surface area contributed by atoms with Crippen LogP contribution in [0.5, 0.6) is 0 Å². The average molecular weight is 397 g/mol. The van der Waals surface area contributed by atoms with Crippen molar-refractivity contribution in [3.8, 4) is 0 Å². The minimum atomic E-state index is -1.34. The number of thioether (sulfide) groups is 1. The molecule has 2 aromatic rings. The monoisotopic (exact) mass is 397 g/mol. The van der Waals surface area contributed by atoms with Crippen molar-refractivity contribution < 1.29 is 24.6 Å². The van der Waals surface area contributed by atoms with Crippen LogP contribution in [0.2, 0.25) is 0 Å². The highest BCUT2D eigenvalue weighted by molar-refractivity contribution is 8.27. The van der Waals surface area contributed by atoms with Crippen LogP contribution in [-0.4, -0.2) is 22.2 Å². The zero-order chi connectivity index (χ0) is 19.7. The summed E-state index contributed by atoms with van der Waals surface area (Å²) in [5, 5.41) is 21.9. The molecule has 6 nitrogen and oxygen atoms in total. The smallest absolute Gasteiger partial charge is 0.270 e. The first-order valence-corrected chi connectivity index (χ1v) is 8.92. The van der Waals surface area contributed by atoms with Gasteiger partial charge in [0.05, 0.1) is 22.5 Å². The predicted octanol–water partition coefficient (Wildman–Crippen LogP) is 1.13. The first-order valence-electron chi connectivity index (χ1n) is 7.69. The molecule has 136 valence electrons. The van der Waals surface area contributed by atoms with Crippen molar-refractivity contribution in [2.24, 2.45) is 0 Å². The number of carbonyl (C=O) groups is 3. The number of rotatable bonds is 4. The van der Waals surface area contributed by atoms with Gasteiger partial charge in [-0.25, -0.2) is 0 Å². The second-order valence-electron chi connectivity index (χ2n) is 5.72. The minimum absolute atomic E-state index is 0.0365. The van der Waals surface area contributed by atoms with Crippen LogP contribution in [0, 0.1) is 6.92 Å². The van der Waals surface area contributed by atoms with Gasteiger partial charge in [0.2, 0.25) is 0 Å². The number of aromatic carboxylic acids is 2. The fourth-order valence-electron chi connectivity index (χ4n) is 2.52. The van der Waals surface area contributed by atoms with Gasteiger partial charge in [-0.15, -0.1) is 0 Å². The molecule has 1 fully saturated rings. The van der Waals surface area contributed by atoms with E-state index < -0.39 is 11.9 Å².